The Morgan fingerprint density at radius 1 is 1.07 bits per heavy atom. The number of likely N-dealkylation sites (N-methyl/N-ethyl adjacent to an activating group) is 1. The predicted octanol–water partition coefficient (Wildman–Crippen LogP) is 6.21. The summed E-state index contributed by atoms with van der Waals surface area (Å²) in [6.45, 7) is 8.55. The van der Waals surface area contributed by atoms with Crippen LogP contribution in [0.15, 0.2) is 42.6 Å². The van der Waals surface area contributed by atoms with Gasteiger partial charge in [0.05, 0.1) is 10.5 Å². The van der Waals surface area contributed by atoms with Crippen LogP contribution in [0.3, 0.4) is 0 Å². The maximum Gasteiger partial charge on any atom is 0.138 e. The summed E-state index contributed by atoms with van der Waals surface area (Å²) < 4.78 is 6.25. The summed E-state index contributed by atoms with van der Waals surface area (Å²) in [5, 5.41) is 1.56. The van der Waals surface area contributed by atoms with Gasteiger partial charge in [0.1, 0.15) is 11.5 Å². The highest BCUT2D eigenvalue weighted by atomic mass is 35.5. The van der Waals surface area contributed by atoms with Crippen LogP contribution in [0.1, 0.15) is 23.6 Å². The zero-order valence-corrected chi connectivity index (χ0v) is 17.8. The van der Waals surface area contributed by atoms with Gasteiger partial charge in [-0.3, -0.25) is 4.98 Å². The van der Waals surface area contributed by atoms with Gasteiger partial charge < -0.3 is 9.64 Å². The quantitative estimate of drug-likeness (QED) is 0.487. The van der Waals surface area contributed by atoms with Gasteiger partial charge in [-0.1, -0.05) is 30.7 Å². The first-order valence-corrected chi connectivity index (χ1v) is 9.37. The standard InChI is InChI=1S/C22H25ClN2O.ClH/c1-5-25(4)12-10-17-13-16(3)21(14-15(17)2)26-20-9-11-24-22-18(20)7-6-8-19(22)23;/h6-9,11,13-14H,5,10,12H2,1-4H3;1H. The molecule has 0 aliphatic heterocycles. The first-order chi connectivity index (χ1) is 12.5. The Kier molecular flexibility index (Phi) is 7.49. The second-order valence-corrected chi connectivity index (χ2v) is 7.14. The Labute approximate surface area is 172 Å². The number of nitrogens with zero attached hydrogens (tertiary/aromatic N) is 2. The van der Waals surface area contributed by atoms with Crippen molar-refractivity contribution in [3.05, 3.63) is 64.3 Å². The van der Waals surface area contributed by atoms with Gasteiger partial charge in [-0.15, -0.1) is 12.4 Å². The van der Waals surface area contributed by atoms with Crippen molar-refractivity contribution in [2.75, 3.05) is 20.1 Å². The molecule has 0 aliphatic carbocycles. The smallest absolute Gasteiger partial charge is 0.138 e. The van der Waals surface area contributed by atoms with E-state index in [0.717, 1.165) is 47.5 Å². The molecule has 0 amide bonds. The third-order valence-corrected chi connectivity index (χ3v) is 5.14. The summed E-state index contributed by atoms with van der Waals surface area (Å²) in [7, 11) is 2.15. The molecular formula is C22H26Cl2N2O. The molecule has 1 aromatic heterocycles. The van der Waals surface area contributed by atoms with E-state index in [1.165, 1.54) is 11.1 Å². The van der Waals surface area contributed by atoms with Crippen LogP contribution in [-0.2, 0) is 6.42 Å². The van der Waals surface area contributed by atoms with Gasteiger partial charge in [0, 0.05) is 18.1 Å². The average Bonchev–Trinajstić information content (AvgIpc) is 2.64. The number of aromatic nitrogens is 1. The molecule has 3 rings (SSSR count). The van der Waals surface area contributed by atoms with Crippen molar-refractivity contribution in [2.24, 2.45) is 0 Å². The summed E-state index contributed by atoms with van der Waals surface area (Å²) >= 11 is 6.26. The second kappa shape index (κ2) is 9.41. The van der Waals surface area contributed by atoms with Crippen molar-refractivity contribution in [3.8, 4) is 11.5 Å². The molecule has 144 valence electrons. The van der Waals surface area contributed by atoms with Gasteiger partial charge >= 0.3 is 0 Å². The van der Waals surface area contributed by atoms with Gasteiger partial charge in [-0.25, -0.2) is 0 Å². The Morgan fingerprint density at radius 3 is 2.59 bits per heavy atom. The SMILES string of the molecule is CCN(C)CCc1cc(C)c(Oc2ccnc3c(Cl)cccc23)cc1C.Cl. The third kappa shape index (κ3) is 4.92. The van der Waals surface area contributed by atoms with E-state index >= 15 is 0 Å². The molecule has 2 aromatic carbocycles. The second-order valence-electron chi connectivity index (χ2n) is 6.74. The van der Waals surface area contributed by atoms with E-state index in [9.17, 15) is 0 Å². The van der Waals surface area contributed by atoms with Gasteiger partial charge in [0.2, 0.25) is 0 Å². The molecule has 0 aliphatic rings. The molecule has 1 heterocycles. The van der Waals surface area contributed by atoms with Crippen molar-refractivity contribution in [2.45, 2.75) is 27.2 Å². The van der Waals surface area contributed by atoms with Crippen LogP contribution >= 0.6 is 24.0 Å². The fourth-order valence-electron chi connectivity index (χ4n) is 3.02. The van der Waals surface area contributed by atoms with Crippen LogP contribution < -0.4 is 4.74 Å². The van der Waals surface area contributed by atoms with Crippen molar-refractivity contribution in [1.29, 1.82) is 0 Å². The topological polar surface area (TPSA) is 25.4 Å². The number of pyridine rings is 1. The number of para-hydroxylation sites is 1. The molecule has 0 saturated heterocycles. The summed E-state index contributed by atoms with van der Waals surface area (Å²) in [6, 6.07) is 12.0. The molecule has 0 radical (unpaired) electrons. The highest BCUT2D eigenvalue weighted by Gasteiger charge is 2.11. The predicted molar refractivity (Wildman–Crippen MR) is 117 cm³/mol. The summed E-state index contributed by atoms with van der Waals surface area (Å²) in [6.07, 6.45) is 2.78. The molecule has 0 N–H and O–H groups in total. The van der Waals surface area contributed by atoms with Crippen LogP contribution in [0.25, 0.3) is 10.9 Å². The maximum absolute atomic E-state index is 6.26. The maximum atomic E-state index is 6.26. The highest BCUT2D eigenvalue weighted by Crippen LogP contribution is 2.34. The van der Waals surface area contributed by atoms with E-state index in [4.69, 9.17) is 16.3 Å². The molecule has 0 bridgehead atoms. The minimum atomic E-state index is 0. The van der Waals surface area contributed by atoms with Crippen LogP contribution in [-0.4, -0.2) is 30.0 Å². The third-order valence-electron chi connectivity index (χ3n) is 4.84. The average molecular weight is 405 g/mol. The molecule has 27 heavy (non-hydrogen) atoms. The van der Waals surface area contributed by atoms with Gasteiger partial charge in [0.25, 0.3) is 0 Å². The molecular weight excluding hydrogens is 379 g/mol. The van der Waals surface area contributed by atoms with E-state index in [-0.39, 0.29) is 12.4 Å². The molecule has 3 aromatic rings. The normalized spacial score (nSPS) is 10.9. The first kappa shape index (κ1) is 21.5. The molecule has 0 fully saturated rings. The Balaban J connectivity index is 0.00000261. The number of rotatable bonds is 6. The number of hydrogen-bond acceptors (Lipinski definition) is 3. The zero-order chi connectivity index (χ0) is 18.7. The van der Waals surface area contributed by atoms with Crippen LogP contribution in [0.4, 0.5) is 0 Å². The lowest BCUT2D eigenvalue weighted by molar-refractivity contribution is 0.357. The van der Waals surface area contributed by atoms with Crippen molar-refractivity contribution >= 4 is 34.9 Å². The Hall–Kier alpha value is -1.81. The molecule has 0 spiro atoms. The fourth-order valence-corrected chi connectivity index (χ4v) is 3.24. The molecule has 5 heteroatoms. The molecule has 0 atom stereocenters. The monoisotopic (exact) mass is 404 g/mol. The van der Waals surface area contributed by atoms with E-state index in [1.54, 1.807) is 6.20 Å². The lowest BCUT2D eigenvalue weighted by atomic mass is 10.0. The van der Waals surface area contributed by atoms with Gasteiger partial charge in [0.15, 0.2) is 0 Å². The van der Waals surface area contributed by atoms with Crippen LogP contribution in [0.5, 0.6) is 11.5 Å². The molecule has 0 saturated carbocycles. The summed E-state index contributed by atoms with van der Waals surface area (Å²) in [4.78, 5) is 6.69. The number of hydrogen-bond donors (Lipinski definition) is 0. The number of fused-ring (bicyclic) bond motifs is 1. The van der Waals surface area contributed by atoms with Gasteiger partial charge in [-0.2, -0.15) is 0 Å². The van der Waals surface area contributed by atoms with Crippen molar-refractivity contribution in [3.63, 3.8) is 0 Å². The molecule has 0 unspecified atom stereocenters. The number of ether oxygens (including phenoxy) is 1. The minimum absolute atomic E-state index is 0. The number of benzene rings is 2. The lowest BCUT2D eigenvalue weighted by Gasteiger charge is -2.17. The lowest BCUT2D eigenvalue weighted by Crippen LogP contribution is -2.20. The molecule has 3 nitrogen and oxygen atoms in total. The highest BCUT2D eigenvalue weighted by molar-refractivity contribution is 6.35. The van der Waals surface area contributed by atoms with Crippen molar-refractivity contribution in [1.82, 2.24) is 9.88 Å². The van der Waals surface area contributed by atoms with Gasteiger partial charge in [-0.05, 0) is 74.8 Å². The summed E-state index contributed by atoms with van der Waals surface area (Å²) in [5.74, 6) is 1.65. The fraction of sp³-hybridized carbons (Fsp3) is 0.318. The minimum Gasteiger partial charge on any atom is -0.456 e. The Bertz CT molecular complexity index is 928. The van der Waals surface area contributed by atoms with E-state index in [2.05, 4.69) is 49.8 Å². The zero-order valence-electron chi connectivity index (χ0n) is 16.3. The Morgan fingerprint density at radius 2 is 1.85 bits per heavy atom. The number of aryl methyl sites for hydroxylation is 2. The van der Waals surface area contributed by atoms with Crippen LogP contribution in [0, 0.1) is 13.8 Å². The van der Waals surface area contributed by atoms with Crippen LogP contribution in [0.2, 0.25) is 5.02 Å². The van der Waals surface area contributed by atoms with Crippen molar-refractivity contribution < 1.29 is 4.74 Å². The van der Waals surface area contributed by atoms with E-state index in [0.29, 0.717) is 5.02 Å². The van der Waals surface area contributed by atoms with E-state index < -0.39 is 0 Å². The largest absolute Gasteiger partial charge is 0.456 e. The number of halogens is 2. The summed E-state index contributed by atoms with van der Waals surface area (Å²) in [5.41, 5.74) is 4.53. The van der Waals surface area contributed by atoms with E-state index in [1.807, 2.05) is 24.3 Å². The first-order valence-electron chi connectivity index (χ1n) is 8.99.